The Morgan fingerprint density at radius 1 is 1.11 bits per heavy atom. The third-order valence-electron chi connectivity index (χ3n) is 5.99. The van der Waals surface area contributed by atoms with E-state index in [1.807, 2.05) is 41.3 Å². The Hall–Kier alpha value is -3.31. The van der Waals surface area contributed by atoms with Gasteiger partial charge in [0.2, 0.25) is 10.0 Å². The molecule has 0 bridgehead atoms. The first-order chi connectivity index (χ1) is 18.2. The largest absolute Gasteiger partial charge is 0.495 e. The minimum atomic E-state index is -3.57. The summed E-state index contributed by atoms with van der Waals surface area (Å²) in [5, 5.41) is 4.58. The van der Waals surface area contributed by atoms with Crippen LogP contribution in [0.2, 0.25) is 10.0 Å². The molecule has 2 aromatic carbocycles. The Morgan fingerprint density at radius 3 is 2.63 bits per heavy atom. The molecule has 3 heterocycles. The highest BCUT2D eigenvalue weighted by Crippen LogP contribution is 2.45. The van der Waals surface area contributed by atoms with Gasteiger partial charge in [0.1, 0.15) is 23.3 Å². The predicted molar refractivity (Wildman–Crippen MR) is 154 cm³/mol. The third kappa shape index (κ3) is 5.17. The van der Waals surface area contributed by atoms with Gasteiger partial charge in [0.05, 0.1) is 40.8 Å². The SMILES string of the molecule is COc1ccc(N2C(=S)N[C@H](c3ccccn3)[C@@H]2c2ccc(-c3cccc(Cl)c3Cl)o2)cc1NS(C)(=O)=O. The molecule has 0 spiro atoms. The summed E-state index contributed by atoms with van der Waals surface area (Å²) in [6, 6.07) is 19.0. The van der Waals surface area contributed by atoms with Crippen LogP contribution >= 0.6 is 35.4 Å². The van der Waals surface area contributed by atoms with Crippen molar-refractivity contribution in [3.63, 3.8) is 0 Å². The molecule has 0 radical (unpaired) electrons. The standard InChI is InChI=1S/C26H22Cl2N4O4S2/c1-35-21-10-9-15(14-19(21)31-38(2,33)34)32-25(24(30-26(32)37)18-8-3-4-13-29-18)22-12-11-20(36-22)16-6-5-7-17(27)23(16)28/h3-14,24-25,31H,1-2H3,(H,30,37)/t24-,25+/m1/s1. The molecule has 0 aliphatic carbocycles. The Labute approximate surface area is 235 Å². The molecule has 1 fully saturated rings. The summed E-state index contributed by atoms with van der Waals surface area (Å²) in [6.07, 6.45) is 2.78. The number of halogens is 2. The lowest BCUT2D eigenvalue weighted by molar-refractivity contribution is 0.416. The van der Waals surface area contributed by atoms with Crippen LogP contribution in [-0.4, -0.2) is 31.9 Å². The van der Waals surface area contributed by atoms with Gasteiger partial charge in [-0.15, -0.1) is 0 Å². The highest BCUT2D eigenvalue weighted by molar-refractivity contribution is 7.92. The van der Waals surface area contributed by atoms with Gasteiger partial charge in [-0.05, 0) is 66.8 Å². The van der Waals surface area contributed by atoms with Gasteiger partial charge in [0.25, 0.3) is 0 Å². The minimum Gasteiger partial charge on any atom is -0.495 e. The summed E-state index contributed by atoms with van der Waals surface area (Å²) in [7, 11) is -2.10. The van der Waals surface area contributed by atoms with Gasteiger partial charge in [0.15, 0.2) is 5.11 Å². The van der Waals surface area contributed by atoms with Gasteiger partial charge >= 0.3 is 0 Å². The molecule has 8 nitrogen and oxygen atoms in total. The van der Waals surface area contributed by atoms with Gasteiger partial charge in [-0.3, -0.25) is 9.71 Å². The van der Waals surface area contributed by atoms with Crippen molar-refractivity contribution in [3.8, 4) is 17.1 Å². The van der Waals surface area contributed by atoms with Crippen LogP contribution in [-0.2, 0) is 10.0 Å². The van der Waals surface area contributed by atoms with Crippen LogP contribution in [0.1, 0.15) is 23.5 Å². The maximum Gasteiger partial charge on any atom is 0.229 e. The van der Waals surface area contributed by atoms with Crippen LogP contribution in [0.25, 0.3) is 11.3 Å². The fourth-order valence-electron chi connectivity index (χ4n) is 4.40. The second-order valence-electron chi connectivity index (χ2n) is 8.56. The van der Waals surface area contributed by atoms with Crippen molar-refractivity contribution in [2.45, 2.75) is 12.1 Å². The second-order valence-corrected chi connectivity index (χ2v) is 11.5. The monoisotopic (exact) mass is 588 g/mol. The molecule has 0 amide bonds. The number of methoxy groups -OCH3 is 1. The average molecular weight is 590 g/mol. The number of anilines is 2. The van der Waals surface area contributed by atoms with E-state index < -0.39 is 16.1 Å². The fourth-order valence-corrected chi connectivity index (χ4v) is 5.70. The number of hydrogen-bond donors (Lipinski definition) is 2. The van der Waals surface area contributed by atoms with Gasteiger partial charge in [0, 0.05) is 17.4 Å². The number of benzene rings is 2. The fraction of sp³-hybridized carbons (Fsp3) is 0.154. The van der Waals surface area contributed by atoms with Gasteiger partial charge in [-0.25, -0.2) is 8.42 Å². The topological polar surface area (TPSA) is 96.7 Å². The number of thiocarbonyl (C=S) groups is 1. The Kier molecular flexibility index (Phi) is 7.23. The van der Waals surface area contributed by atoms with Crippen LogP contribution in [0.15, 0.2) is 77.3 Å². The van der Waals surface area contributed by atoms with Crippen molar-refractivity contribution in [2.24, 2.45) is 0 Å². The van der Waals surface area contributed by atoms with Crippen molar-refractivity contribution < 1.29 is 17.6 Å². The number of nitrogens with zero attached hydrogens (tertiary/aromatic N) is 2. The zero-order valence-corrected chi connectivity index (χ0v) is 23.3. The second kappa shape index (κ2) is 10.5. The minimum absolute atomic E-state index is 0.279. The molecule has 1 aliphatic heterocycles. The van der Waals surface area contributed by atoms with E-state index in [1.54, 1.807) is 36.5 Å². The number of pyridine rings is 1. The number of ether oxygens (including phenoxy) is 1. The molecule has 1 saturated heterocycles. The van der Waals surface area contributed by atoms with E-state index in [0.29, 0.717) is 43.7 Å². The molecule has 2 atom stereocenters. The van der Waals surface area contributed by atoms with E-state index in [1.165, 1.54) is 7.11 Å². The smallest absolute Gasteiger partial charge is 0.229 e. The summed E-state index contributed by atoms with van der Waals surface area (Å²) in [5.74, 6) is 1.50. The Bertz CT molecular complexity index is 1610. The quantitative estimate of drug-likeness (QED) is 0.246. The molecular formula is C26H22Cl2N4O4S2. The number of sulfonamides is 1. The Balaban J connectivity index is 1.63. The number of rotatable bonds is 7. The van der Waals surface area contributed by atoms with Gasteiger partial charge in [-0.2, -0.15) is 0 Å². The molecular weight excluding hydrogens is 567 g/mol. The van der Waals surface area contributed by atoms with Crippen molar-refractivity contribution in [2.75, 3.05) is 23.0 Å². The predicted octanol–water partition coefficient (Wildman–Crippen LogP) is 6.21. The molecule has 5 rings (SSSR count). The first-order valence-electron chi connectivity index (χ1n) is 11.4. The third-order valence-corrected chi connectivity index (χ3v) is 7.71. The van der Waals surface area contributed by atoms with Crippen molar-refractivity contribution in [1.29, 1.82) is 0 Å². The molecule has 12 heteroatoms. The number of furan rings is 1. The molecule has 0 saturated carbocycles. The molecule has 4 aromatic rings. The van der Waals surface area contributed by atoms with Crippen LogP contribution < -0.4 is 19.7 Å². The van der Waals surface area contributed by atoms with E-state index in [2.05, 4.69) is 15.0 Å². The van der Waals surface area contributed by atoms with Crippen LogP contribution in [0.5, 0.6) is 5.75 Å². The lowest BCUT2D eigenvalue weighted by Crippen LogP contribution is -2.29. The van der Waals surface area contributed by atoms with Crippen molar-refractivity contribution in [1.82, 2.24) is 10.3 Å². The van der Waals surface area contributed by atoms with Crippen molar-refractivity contribution >= 4 is 61.9 Å². The summed E-state index contributed by atoms with van der Waals surface area (Å²) in [5.41, 5.74) is 2.31. The maximum absolute atomic E-state index is 12.0. The lowest BCUT2D eigenvalue weighted by atomic mass is 10.0. The lowest BCUT2D eigenvalue weighted by Gasteiger charge is -2.27. The zero-order chi connectivity index (χ0) is 27.0. The summed E-state index contributed by atoms with van der Waals surface area (Å²) in [6.45, 7) is 0. The maximum atomic E-state index is 12.0. The first-order valence-corrected chi connectivity index (χ1v) is 14.4. The normalized spacial score (nSPS) is 17.4. The number of nitrogens with one attached hydrogen (secondary N) is 2. The molecule has 2 aromatic heterocycles. The zero-order valence-electron chi connectivity index (χ0n) is 20.2. The summed E-state index contributed by atoms with van der Waals surface area (Å²) < 4.78 is 38.3. The van der Waals surface area contributed by atoms with E-state index in [0.717, 1.165) is 11.9 Å². The van der Waals surface area contributed by atoms with Crippen LogP contribution in [0.3, 0.4) is 0 Å². The van der Waals surface area contributed by atoms with Crippen LogP contribution in [0, 0.1) is 0 Å². The number of hydrogen-bond acceptors (Lipinski definition) is 6. The van der Waals surface area contributed by atoms with Gasteiger partial charge < -0.3 is 19.4 Å². The van der Waals surface area contributed by atoms with E-state index in [9.17, 15) is 8.42 Å². The summed E-state index contributed by atoms with van der Waals surface area (Å²) >= 11 is 18.5. The average Bonchev–Trinajstić information content (AvgIpc) is 3.50. The van der Waals surface area contributed by atoms with E-state index in [4.69, 9.17) is 44.6 Å². The van der Waals surface area contributed by atoms with Crippen molar-refractivity contribution in [3.05, 3.63) is 94.4 Å². The highest BCUT2D eigenvalue weighted by Gasteiger charge is 2.43. The first kappa shape index (κ1) is 26.3. The molecule has 1 aliphatic rings. The number of aromatic nitrogens is 1. The molecule has 2 N–H and O–H groups in total. The molecule has 196 valence electrons. The van der Waals surface area contributed by atoms with E-state index >= 15 is 0 Å². The highest BCUT2D eigenvalue weighted by atomic mass is 35.5. The van der Waals surface area contributed by atoms with Crippen LogP contribution in [0.4, 0.5) is 11.4 Å². The Morgan fingerprint density at radius 2 is 1.92 bits per heavy atom. The summed E-state index contributed by atoms with van der Waals surface area (Å²) in [4.78, 5) is 6.41. The van der Waals surface area contributed by atoms with Gasteiger partial charge in [-0.1, -0.05) is 35.3 Å². The van der Waals surface area contributed by atoms with E-state index in [-0.39, 0.29) is 11.7 Å². The molecule has 38 heavy (non-hydrogen) atoms. The molecule has 0 unspecified atom stereocenters.